The molecule has 2 N–H and O–H groups in total. The molecule has 11 heteroatoms. The predicted octanol–water partition coefficient (Wildman–Crippen LogP) is 3.29. The zero-order chi connectivity index (χ0) is 26.7. The van der Waals surface area contributed by atoms with Gasteiger partial charge < -0.3 is 20.4 Å². The number of nitrogens with zero attached hydrogens (tertiary/aromatic N) is 6. The Morgan fingerprint density at radius 3 is 2.18 bits per heavy atom. The normalized spacial score (nSPS) is 17.9. The Kier molecular flexibility index (Phi) is 7.78. The summed E-state index contributed by atoms with van der Waals surface area (Å²) < 4.78 is 24.2. The Morgan fingerprint density at radius 2 is 1.53 bits per heavy atom. The lowest BCUT2D eigenvalue weighted by molar-refractivity contribution is 0.0982. The molecule has 0 saturated carbocycles. The first-order valence-corrected chi connectivity index (χ1v) is 15.0. The van der Waals surface area contributed by atoms with Gasteiger partial charge in [-0.05, 0) is 62.7 Å². The van der Waals surface area contributed by atoms with Gasteiger partial charge in [-0.2, -0.15) is 4.98 Å². The fourth-order valence-corrected chi connectivity index (χ4v) is 6.06. The minimum atomic E-state index is -3.40. The number of aromatic nitrogens is 3. The molecule has 10 nitrogen and oxygen atoms in total. The van der Waals surface area contributed by atoms with E-state index in [4.69, 9.17) is 0 Å². The lowest BCUT2D eigenvalue weighted by atomic mass is 10.0. The highest BCUT2D eigenvalue weighted by atomic mass is 32.2. The topological polar surface area (TPSA) is 107 Å². The Morgan fingerprint density at radius 1 is 0.868 bits per heavy atom. The number of para-hydroxylation sites is 1. The molecule has 2 aromatic carbocycles. The number of aryl methyl sites for hydroxylation is 1. The molecule has 3 aromatic rings. The van der Waals surface area contributed by atoms with E-state index >= 15 is 0 Å². The summed E-state index contributed by atoms with van der Waals surface area (Å²) in [5, 5.41) is 6.28. The summed E-state index contributed by atoms with van der Waals surface area (Å²) in [6.07, 6.45) is 4.97. The first kappa shape index (κ1) is 26.3. The van der Waals surface area contributed by atoms with Gasteiger partial charge in [0.1, 0.15) is 6.33 Å². The van der Waals surface area contributed by atoms with Gasteiger partial charge in [-0.1, -0.05) is 12.1 Å². The average molecular weight is 537 g/mol. The highest BCUT2D eigenvalue weighted by Crippen LogP contribution is 2.28. The second kappa shape index (κ2) is 11.2. The summed E-state index contributed by atoms with van der Waals surface area (Å²) >= 11 is 0. The van der Waals surface area contributed by atoms with E-state index in [0.717, 1.165) is 24.3 Å². The van der Waals surface area contributed by atoms with Crippen LogP contribution >= 0.6 is 0 Å². The lowest BCUT2D eigenvalue weighted by Gasteiger charge is -2.42. The van der Waals surface area contributed by atoms with Crippen molar-refractivity contribution < 1.29 is 8.42 Å². The van der Waals surface area contributed by atoms with E-state index < -0.39 is 9.84 Å². The fraction of sp³-hybridized carbons (Fsp3) is 0.444. The van der Waals surface area contributed by atoms with E-state index in [1.807, 2.05) is 0 Å². The minimum Gasteiger partial charge on any atom is -0.371 e. The molecule has 2 aliphatic rings. The number of anilines is 5. The number of sulfone groups is 1. The lowest BCUT2D eigenvalue weighted by Crippen LogP contribution is -2.52. The molecular weight excluding hydrogens is 500 g/mol. The molecule has 0 spiro atoms. The zero-order valence-corrected chi connectivity index (χ0v) is 23.1. The number of likely N-dealkylation sites (N-methyl/N-ethyl adjacent to an activating group) is 1. The van der Waals surface area contributed by atoms with Gasteiger partial charge in [-0.15, -0.1) is 0 Å². The highest BCUT2D eigenvalue weighted by Gasteiger charge is 2.27. The second-order valence-electron chi connectivity index (χ2n) is 10.2. The largest absolute Gasteiger partial charge is 0.371 e. The molecule has 0 amide bonds. The third-order valence-electron chi connectivity index (χ3n) is 7.45. The van der Waals surface area contributed by atoms with Crippen molar-refractivity contribution in [3.05, 3.63) is 54.4 Å². The average Bonchev–Trinajstić information content (AvgIpc) is 2.90. The number of rotatable bonds is 7. The third kappa shape index (κ3) is 6.23. The molecule has 202 valence electrons. The van der Waals surface area contributed by atoms with Crippen molar-refractivity contribution in [3.63, 3.8) is 0 Å². The maximum atomic E-state index is 12.1. The summed E-state index contributed by atoms with van der Waals surface area (Å²) in [5.41, 5.74) is 3.67. The Bertz CT molecular complexity index is 1370. The van der Waals surface area contributed by atoms with Crippen LogP contribution < -0.4 is 15.5 Å². The summed E-state index contributed by atoms with van der Waals surface area (Å²) in [6, 6.07) is 13.8. The second-order valence-corrected chi connectivity index (χ2v) is 12.2. The number of hydrogen-bond donors (Lipinski definition) is 2. The van der Waals surface area contributed by atoms with Gasteiger partial charge in [-0.3, -0.25) is 4.90 Å². The van der Waals surface area contributed by atoms with Crippen LogP contribution in [0.1, 0.15) is 18.4 Å². The molecule has 0 bridgehead atoms. The van der Waals surface area contributed by atoms with Crippen LogP contribution in [0.3, 0.4) is 0 Å². The maximum Gasteiger partial charge on any atom is 0.232 e. The van der Waals surface area contributed by atoms with Gasteiger partial charge >= 0.3 is 0 Å². The summed E-state index contributed by atoms with van der Waals surface area (Å²) in [6.45, 7) is 8.91. The van der Waals surface area contributed by atoms with Crippen LogP contribution in [0.5, 0.6) is 0 Å². The smallest absolute Gasteiger partial charge is 0.232 e. The van der Waals surface area contributed by atoms with Crippen LogP contribution in [0.4, 0.5) is 29.0 Å². The quantitative estimate of drug-likeness (QED) is 0.467. The van der Waals surface area contributed by atoms with E-state index in [1.165, 1.54) is 57.3 Å². The van der Waals surface area contributed by atoms with Gasteiger partial charge in [0.25, 0.3) is 0 Å². The Labute approximate surface area is 225 Å². The van der Waals surface area contributed by atoms with Crippen molar-refractivity contribution in [1.82, 2.24) is 24.8 Å². The van der Waals surface area contributed by atoms with E-state index in [0.29, 0.717) is 17.7 Å². The molecule has 2 fully saturated rings. The monoisotopic (exact) mass is 536 g/mol. The standard InChI is InChI=1S/C27H36N8O2S/c1-20-18-22(34-12-10-21(11-13-34)35-16-14-33(2)15-17-35)8-9-23(20)30-26-28-19-29-27(32-26)31-24-6-4-5-7-25(24)38(3,36)37/h4-9,18-19,21H,10-17H2,1-3H3,(H2,28,29,30,31,32). The van der Waals surface area contributed by atoms with Crippen LogP contribution in [-0.4, -0.2) is 91.8 Å². The fourth-order valence-electron chi connectivity index (χ4n) is 5.21. The van der Waals surface area contributed by atoms with E-state index in [9.17, 15) is 8.42 Å². The van der Waals surface area contributed by atoms with Crippen LogP contribution in [0, 0.1) is 6.92 Å². The van der Waals surface area contributed by atoms with Gasteiger partial charge in [0.2, 0.25) is 11.9 Å². The van der Waals surface area contributed by atoms with Gasteiger partial charge in [0.05, 0.1) is 10.6 Å². The van der Waals surface area contributed by atoms with Crippen LogP contribution in [-0.2, 0) is 9.84 Å². The zero-order valence-electron chi connectivity index (χ0n) is 22.3. The number of nitrogens with one attached hydrogen (secondary N) is 2. The van der Waals surface area contributed by atoms with Crippen LogP contribution in [0.25, 0.3) is 0 Å². The molecule has 2 aliphatic heterocycles. The number of hydrogen-bond acceptors (Lipinski definition) is 10. The maximum absolute atomic E-state index is 12.1. The van der Waals surface area contributed by atoms with Crippen molar-refractivity contribution in [2.75, 3.05) is 68.1 Å². The molecule has 0 unspecified atom stereocenters. The summed E-state index contributed by atoms with van der Waals surface area (Å²) in [4.78, 5) is 20.6. The van der Waals surface area contributed by atoms with Crippen molar-refractivity contribution in [2.45, 2.75) is 30.7 Å². The molecule has 38 heavy (non-hydrogen) atoms. The Hall–Kier alpha value is -3.28. The molecule has 1 aromatic heterocycles. The first-order valence-electron chi connectivity index (χ1n) is 13.1. The van der Waals surface area contributed by atoms with Crippen molar-refractivity contribution >= 4 is 38.8 Å². The summed E-state index contributed by atoms with van der Waals surface area (Å²) in [7, 11) is -1.19. The molecule has 2 saturated heterocycles. The molecular formula is C27H36N8O2S. The molecule has 0 aliphatic carbocycles. The summed E-state index contributed by atoms with van der Waals surface area (Å²) in [5.74, 6) is 0.638. The number of piperidine rings is 1. The van der Waals surface area contributed by atoms with Crippen molar-refractivity contribution in [2.24, 2.45) is 0 Å². The first-order chi connectivity index (χ1) is 18.3. The van der Waals surface area contributed by atoms with E-state index in [2.05, 4.69) is 72.5 Å². The van der Waals surface area contributed by atoms with Gasteiger partial charge in [0.15, 0.2) is 9.84 Å². The highest BCUT2D eigenvalue weighted by molar-refractivity contribution is 7.90. The van der Waals surface area contributed by atoms with Gasteiger partial charge in [0, 0.05) is 62.9 Å². The van der Waals surface area contributed by atoms with Crippen LogP contribution in [0.2, 0.25) is 0 Å². The van der Waals surface area contributed by atoms with Crippen molar-refractivity contribution in [3.8, 4) is 0 Å². The molecule has 0 atom stereocenters. The number of benzene rings is 2. The molecule has 5 rings (SSSR count). The van der Waals surface area contributed by atoms with E-state index in [1.54, 1.807) is 24.3 Å². The third-order valence-corrected chi connectivity index (χ3v) is 8.60. The Balaban J connectivity index is 1.22. The molecule has 3 heterocycles. The minimum absolute atomic E-state index is 0.189. The van der Waals surface area contributed by atoms with Crippen molar-refractivity contribution in [1.29, 1.82) is 0 Å². The van der Waals surface area contributed by atoms with E-state index in [-0.39, 0.29) is 10.8 Å². The molecule has 0 radical (unpaired) electrons. The predicted molar refractivity (Wildman–Crippen MR) is 151 cm³/mol. The SMILES string of the molecule is Cc1cc(N2CCC(N3CCN(C)CC3)CC2)ccc1Nc1ncnc(Nc2ccccc2S(C)(=O)=O)n1. The van der Waals surface area contributed by atoms with Crippen LogP contribution in [0.15, 0.2) is 53.7 Å². The number of piperazine rings is 1. The van der Waals surface area contributed by atoms with Gasteiger partial charge in [-0.25, -0.2) is 18.4 Å².